The van der Waals surface area contributed by atoms with Crippen LogP contribution in [0.5, 0.6) is 0 Å². The van der Waals surface area contributed by atoms with Crippen molar-refractivity contribution in [1.82, 2.24) is 0 Å². The van der Waals surface area contributed by atoms with Crippen LogP contribution in [0.2, 0.25) is 0 Å². The Kier molecular flexibility index (Phi) is 8.74. The second-order valence-electron chi connectivity index (χ2n) is 0.670. The number of amides is 1. The first-order chi connectivity index (χ1) is 2.27. The molecule has 0 rings (SSSR count). The summed E-state index contributed by atoms with van der Waals surface area (Å²) in [4.78, 5) is 9.47. The van der Waals surface area contributed by atoms with Gasteiger partial charge in [0.2, 0.25) is 5.91 Å². The van der Waals surface area contributed by atoms with Gasteiger partial charge in [0.15, 0.2) is 0 Å². The molecule has 0 saturated carbocycles. The van der Waals surface area contributed by atoms with E-state index in [0.29, 0.717) is 0 Å². The van der Waals surface area contributed by atoms with E-state index in [9.17, 15) is 4.79 Å². The van der Waals surface area contributed by atoms with E-state index in [-0.39, 0.29) is 36.1 Å². The van der Waals surface area contributed by atoms with E-state index in [0.717, 1.165) is 0 Å². The molecular formula is C2H7N2NaO. The molecule has 0 spiro atoms. The molecule has 0 radical (unpaired) electrons. The van der Waals surface area contributed by atoms with E-state index in [1.165, 1.54) is 0 Å². The topological polar surface area (TPSA) is 69.1 Å². The van der Waals surface area contributed by atoms with Gasteiger partial charge in [-0.15, -0.1) is 0 Å². The van der Waals surface area contributed by atoms with E-state index < -0.39 is 5.91 Å². The van der Waals surface area contributed by atoms with Gasteiger partial charge in [0.25, 0.3) is 0 Å². The van der Waals surface area contributed by atoms with Crippen LogP contribution >= 0.6 is 0 Å². The van der Waals surface area contributed by atoms with Crippen molar-refractivity contribution in [3.63, 3.8) is 0 Å². The number of carbonyl (C=O) groups excluding carboxylic acids is 1. The van der Waals surface area contributed by atoms with Crippen LogP contribution in [0.4, 0.5) is 0 Å². The summed E-state index contributed by atoms with van der Waals surface area (Å²) in [6.07, 6.45) is 0. The zero-order chi connectivity index (χ0) is 4.28. The van der Waals surface area contributed by atoms with E-state index in [2.05, 4.69) is 5.73 Å². The minimum atomic E-state index is -0.468. The minimum absolute atomic E-state index is 0. The summed E-state index contributed by atoms with van der Waals surface area (Å²) < 4.78 is 0. The quantitative estimate of drug-likeness (QED) is 0.365. The van der Waals surface area contributed by atoms with Crippen molar-refractivity contribution in [3.05, 3.63) is 0 Å². The van der Waals surface area contributed by atoms with Gasteiger partial charge in [0, 0.05) is 0 Å². The molecule has 6 heavy (non-hydrogen) atoms. The van der Waals surface area contributed by atoms with Crippen LogP contribution in [0.25, 0.3) is 0 Å². The number of rotatable bonds is 1. The third-order valence-electron chi connectivity index (χ3n) is 0.201. The first kappa shape index (κ1) is 9.66. The normalized spacial score (nSPS) is 6.17. The Morgan fingerprint density at radius 1 is 1.67 bits per heavy atom. The van der Waals surface area contributed by atoms with Gasteiger partial charge in [-0.05, 0) is 0 Å². The second-order valence-corrected chi connectivity index (χ2v) is 0.670. The average molecular weight is 98.1 g/mol. The summed E-state index contributed by atoms with van der Waals surface area (Å²) in [6.45, 7) is -0.0556. The molecule has 0 aliphatic carbocycles. The van der Waals surface area contributed by atoms with E-state index in [1.54, 1.807) is 0 Å². The van der Waals surface area contributed by atoms with Gasteiger partial charge in [-0.2, -0.15) is 0 Å². The molecule has 0 aromatic carbocycles. The van der Waals surface area contributed by atoms with Gasteiger partial charge in [-0.1, -0.05) is 0 Å². The molecule has 32 valence electrons. The molecule has 0 atom stereocenters. The van der Waals surface area contributed by atoms with Crippen LogP contribution in [0.15, 0.2) is 0 Å². The number of carbonyl (C=O) groups is 1. The van der Waals surface area contributed by atoms with Crippen LogP contribution in [-0.2, 0) is 4.79 Å². The predicted octanol–water partition coefficient (Wildman–Crippen LogP) is -2.22. The maximum absolute atomic E-state index is 9.47. The summed E-state index contributed by atoms with van der Waals surface area (Å²) in [6, 6.07) is 0. The van der Waals surface area contributed by atoms with Crippen LogP contribution in [-0.4, -0.2) is 42.0 Å². The van der Waals surface area contributed by atoms with Gasteiger partial charge < -0.3 is 11.5 Å². The average Bonchev–Trinajstić information content (AvgIpc) is 1.38. The van der Waals surface area contributed by atoms with Gasteiger partial charge in [-0.3, -0.25) is 4.79 Å². The van der Waals surface area contributed by atoms with Crippen molar-refractivity contribution in [2.45, 2.75) is 0 Å². The Bertz CT molecular complexity index is 46.8. The molecule has 0 unspecified atom stereocenters. The third kappa shape index (κ3) is 8.83. The van der Waals surface area contributed by atoms with Crippen LogP contribution in [0.1, 0.15) is 0 Å². The van der Waals surface area contributed by atoms with Crippen molar-refractivity contribution in [1.29, 1.82) is 0 Å². The molecule has 0 aliphatic rings. The fourth-order valence-electron chi connectivity index (χ4n) is 0. The molecule has 3 nitrogen and oxygen atoms in total. The fourth-order valence-corrected chi connectivity index (χ4v) is 0. The van der Waals surface area contributed by atoms with E-state index in [4.69, 9.17) is 5.73 Å². The van der Waals surface area contributed by atoms with Crippen molar-refractivity contribution in [2.75, 3.05) is 6.54 Å². The molecule has 4 N–H and O–H groups in total. The predicted molar refractivity (Wildman–Crippen MR) is 25.4 cm³/mol. The van der Waals surface area contributed by atoms with Gasteiger partial charge >= 0.3 is 29.6 Å². The van der Waals surface area contributed by atoms with Crippen molar-refractivity contribution in [3.8, 4) is 0 Å². The molecule has 0 fully saturated rings. The zero-order valence-corrected chi connectivity index (χ0v) is 2.77. The van der Waals surface area contributed by atoms with Crippen molar-refractivity contribution in [2.24, 2.45) is 11.5 Å². The Hall–Kier alpha value is 0.430. The monoisotopic (exact) mass is 98.0 g/mol. The number of nitrogens with two attached hydrogens (primary N) is 2. The molecule has 0 bridgehead atoms. The summed E-state index contributed by atoms with van der Waals surface area (Å²) in [5.74, 6) is -0.468. The molecule has 0 aromatic rings. The van der Waals surface area contributed by atoms with Crippen LogP contribution in [0.3, 0.4) is 0 Å². The molecule has 0 aromatic heterocycles. The number of hydrogen-bond donors (Lipinski definition) is 2. The van der Waals surface area contributed by atoms with Crippen LogP contribution < -0.4 is 11.5 Å². The van der Waals surface area contributed by atoms with E-state index >= 15 is 0 Å². The van der Waals surface area contributed by atoms with Crippen molar-refractivity contribution >= 4 is 35.5 Å². The SMILES string of the molecule is NCC(N)=O.[NaH]. The summed E-state index contributed by atoms with van der Waals surface area (Å²) in [7, 11) is 0. The molecular weight excluding hydrogens is 91.0 g/mol. The van der Waals surface area contributed by atoms with Gasteiger partial charge in [0.05, 0.1) is 6.54 Å². The van der Waals surface area contributed by atoms with E-state index in [1.807, 2.05) is 0 Å². The van der Waals surface area contributed by atoms with Gasteiger partial charge in [0.1, 0.15) is 0 Å². The first-order valence-electron chi connectivity index (χ1n) is 1.25. The third-order valence-corrected chi connectivity index (χ3v) is 0.201. The molecule has 0 heterocycles. The Morgan fingerprint density at radius 3 is 1.83 bits per heavy atom. The standard InChI is InChI=1S/C2H6N2O.Na.H/c3-1-2(4)5;;/h1,3H2,(H2,4,5);;. The Morgan fingerprint density at radius 2 is 1.83 bits per heavy atom. The molecule has 1 amide bonds. The van der Waals surface area contributed by atoms with Crippen molar-refractivity contribution < 1.29 is 4.79 Å². The number of hydrogen-bond acceptors (Lipinski definition) is 2. The van der Waals surface area contributed by atoms with Crippen LogP contribution in [0, 0.1) is 0 Å². The molecule has 0 aliphatic heterocycles. The number of primary amides is 1. The summed E-state index contributed by atoms with van der Waals surface area (Å²) in [5.41, 5.74) is 9.22. The Balaban J connectivity index is 0. The molecule has 4 heteroatoms. The summed E-state index contributed by atoms with van der Waals surface area (Å²) in [5, 5.41) is 0. The zero-order valence-electron chi connectivity index (χ0n) is 2.77. The molecule has 0 saturated heterocycles. The van der Waals surface area contributed by atoms with Gasteiger partial charge in [-0.25, -0.2) is 0 Å². The Labute approximate surface area is 58.4 Å². The maximum atomic E-state index is 9.47. The summed E-state index contributed by atoms with van der Waals surface area (Å²) >= 11 is 0. The second kappa shape index (κ2) is 5.43. The first-order valence-corrected chi connectivity index (χ1v) is 1.25. The fraction of sp³-hybridized carbons (Fsp3) is 0.500.